The van der Waals surface area contributed by atoms with Gasteiger partial charge in [-0.2, -0.15) is 0 Å². The number of hydrogen-bond donors (Lipinski definition) is 2. The maximum absolute atomic E-state index is 10.0. The van der Waals surface area contributed by atoms with Crippen LogP contribution in [-0.4, -0.2) is 24.9 Å². The standard InChI is InChI=1S/C8H16N2O/c9-7-1-3-8(4-2-7)10-5-6-11/h6-8,10H,1-5,9H2. The van der Waals surface area contributed by atoms with Crippen molar-refractivity contribution in [3.05, 3.63) is 0 Å². The van der Waals surface area contributed by atoms with E-state index in [9.17, 15) is 4.79 Å². The van der Waals surface area contributed by atoms with E-state index in [0.717, 1.165) is 32.0 Å². The zero-order chi connectivity index (χ0) is 8.10. The SMILES string of the molecule is NC1CCC(NCC=O)CC1. The zero-order valence-corrected chi connectivity index (χ0v) is 6.75. The smallest absolute Gasteiger partial charge is 0.133 e. The lowest BCUT2D eigenvalue weighted by molar-refractivity contribution is -0.107. The van der Waals surface area contributed by atoms with Gasteiger partial charge in [-0.25, -0.2) is 0 Å². The molecule has 0 aliphatic heterocycles. The van der Waals surface area contributed by atoms with Crippen molar-refractivity contribution >= 4 is 6.29 Å². The minimum atomic E-state index is 0.393. The molecule has 0 unspecified atom stereocenters. The summed E-state index contributed by atoms with van der Waals surface area (Å²) in [5, 5.41) is 3.17. The van der Waals surface area contributed by atoms with Crippen LogP contribution in [0, 0.1) is 0 Å². The molecule has 0 aromatic heterocycles. The first-order chi connectivity index (χ1) is 5.33. The van der Waals surface area contributed by atoms with E-state index in [1.807, 2.05) is 0 Å². The molecule has 0 aromatic carbocycles. The van der Waals surface area contributed by atoms with Crippen LogP contribution in [-0.2, 0) is 4.79 Å². The molecular weight excluding hydrogens is 140 g/mol. The summed E-state index contributed by atoms with van der Waals surface area (Å²) in [6.45, 7) is 0.486. The molecule has 64 valence electrons. The highest BCUT2D eigenvalue weighted by Crippen LogP contribution is 2.16. The van der Waals surface area contributed by atoms with Gasteiger partial charge in [0.2, 0.25) is 0 Å². The van der Waals surface area contributed by atoms with Crippen LogP contribution in [0.15, 0.2) is 0 Å². The third-order valence-electron chi connectivity index (χ3n) is 2.26. The molecule has 0 aromatic rings. The van der Waals surface area contributed by atoms with E-state index >= 15 is 0 Å². The molecule has 1 rings (SSSR count). The number of nitrogens with one attached hydrogen (secondary N) is 1. The highest BCUT2D eigenvalue weighted by Gasteiger charge is 2.16. The molecular formula is C8H16N2O. The molecule has 0 atom stereocenters. The van der Waals surface area contributed by atoms with Crippen LogP contribution in [0.1, 0.15) is 25.7 Å². The van der Waals surface area contributed by atoms with Gasteiger partial charge in [0.25, 0.3) is 0 Å². The Balaban J connectivity index is 2.12. The maximum Gasteiger partial charge on any atom is 0.133 e. The van der Waals surface area contributed by atoms with Crippen molar-refractivity contribution in [1.82, 2.24) is 5.32 Å². The van der Waals surface area contributed by atoms with Gasteiger partial charge in [-0.05, 0) is 25.7 Å². The van der Waals surface area contributed by atoms with E-state index in [4.69, 9.17) is 5.73 Å². The number of carbonyl (C=O) groups excluding carboxylic acids is 1. The fraction of sp³-hybridized carbons (Fsp3) is 0.875. The predicted molar refractivity (Wildman–Crippen MR) is 44.3 cm³/mol. The van der Waals surface area contributed by atoms with Gasteiger partial charge in [0, 0.05) is 12.1 Å². The fourth-order valence-electron chi connectivity index (χ4n) is 1.54. The lowest BCUT2D eigenvalue weighted by Crippen LogP contribution is -2.38. The van der Waals surface area contributed by atoms with Gasteiger partial charge >= 0.3 is 0 Å². The minimum absolute atomic E-state index is 0.393. The quantitative estimate of drug-likeness (QED) is 0.567. The van der Waals surface area contributed by atoms with E-state index in [-0.39, 0.29) is 0 Å². The molecule has 11 heavy (non-hydrogen) atoms. The Hall–Kier alpha value is -0.410. The van der Waals surface area contributed by atoms with E-state index in [0.29, 0.717) is 18.6 Å². The Morgan fingerprint density at radius 3 is 2.55 bits per heavy atom. The van der Waals surface area contributed by atoms with Gasteiger partial charge in [0.05, 0.1) is 6.54 Å². The molecule has 1 fully saturated rings. The van der Waals surface area contributed by atoms with Crippen LogP contribution in [0.25, 0.3) is 0 Å². The second kappa shape index (κ2) is 4.46. The molecule has 0 spiro atoms. The van der Waals surface area contributed by atoms with Crippen LogP contribution in [0.2, 0.25) is 0 Å². The molecule has 1 aliphatic carbocycles. The Morgan fingerprint density at radius 1 is 1.36 bits per heavy atom. The Labute approximate surface area is 67.3 Å². The first-order valence-corrected chi connectivity index (χ1v) is 4.25. The Morgan fingerprint density at radius 2 is 2.00 bits per heavy atom. The summed E-state index contributed by atoms with van der Waals surface area (Å²) in [4.78, 5) is 10.0. The largest absolute Gasteiger partial charge is 0.328 e. The van der Waals surface area contributed by atoms with Crippen LogP contribution < -0.4 is 11.1 Å². The van der Waals surface area contributed by atoms with Crippen LogP contribution in [0.4, 0.5) is 0 Å². The summed E-state index contributed by atoms with van der Waals surface area (Å²) in [5.41, 5.74) is 5.73. The molecule has 3 N–H and O–H groups in total. The summed E-state index contributed by atoms with van der Waals surface area (Å²) in [6, 6.07) is 0.921. The summed E-state index contributed by atoms with van der Waals surface area (Å²) >= 11 is 0. The number of hydrogen-bond acceptors (Lipinski definition) is 3. The topological polar surface area (TPSA) is 55.1 Å². The average Bonchev–Trinajstić information content (AvgIpc) is 2.04. The summed E-state index contributed by atoms with van der Waals surface area (Å²) < 4.78 is 0. The van der Waals surface area contributed by atoms with Crippen molar-refractivity contribution in [1.29, 1.82) is 0 Å². The molecule has 0 saturated heterocycles. The number of carbonyl (C=O) groups is 1. The molecule has 1 saturated carbocycles. The monoisotopic (exact) mass is 156 g/mol. The Kier molecular flexibility index (Phi) is 3.52. The third-order valence-corrected chi connectivity index (χ3v) is 2.26. The normalized spacial score (nSPS) is 31.7. The molecule has 3 nitrogen and oxygen atoms in total. The maximum atomic E-state index is 10.0. The van der Waals surface area contributed by atoms with E-state index in [1.165, 1.54) is 0 Å². The van der Waals surface area contributed by atoms with Crippen molar-refractivity contribution in [3.8, 4) is 0 Å². The number of rotatable bonds is 3. The van der Waals surface area contributed by atoms with Gasteiger partial charge in [-0.3, -0.25) is 0 Å². The number of nitrogens with two attached hydrogens (primary N) is 1. The summed E-state index contributed by atoms with van der Waals surface area (Å²) in [7, 11) is 0. The highest BCUT2D eigenvalue weighted by atomic mass is 16.1. The lowest BCUT2D eigenvalue weighted by atomic mass is 9.92. The molecule has 0 amide bonds. The van der Waals surface area contributed by atoms with E-state index in [2.05, 4.69) is 5.32 Å². The summed E-state index contributed by atoms with van der Waals surface area (Å²) in [6.07, 6.45) is 5.34. The van der Waals surface area contributed by atoms with Gasteiger partial charge < -0.3 is 15.8 Å². The minimum Gasteiger partial charge on any atom is -0.328 e. The molecule has 0 heterocycles. The predicted octanol–water partition coefficient (Wildman–Crippen LogP) is 0.0448. The van der Waals surface area contributed by atoms with Crippen LogP contribution in [0.3, 0.4) is 0 Å². The second-order valence-corrected chi connectivity index (χ2v) is 3.19. The van der Waals surface area contributed by atoms with Gasteiger partial charge in [-0.1, -0.05) is 0 Å². The summed E-state index contributed by atoms with van der Waals surface area (Å²) in [5.74, 6) is 0. The van der Waals surface area contributed by atoms with Crippen molar-refractivity contribution < 1.29 is 4.79 Å². The van der Waals surface area contributed by atoms with Crippen molar-refractivity contribution in [2.75, 3.05) is 6.54 Å². The first-order valence-electron chi connectivity index (χ1n) is 4.25. The molecule has 0 bridgehead atoms. The van der Waals surface area contributed by atoms with Crippen molar-refractivity contribution in [3.63, 3.8) is 0 Å². The molecule has 3 heteroatoms. The van der Waals surface area contributed by atoms with Gasteiger partial charge in [0.15, 0.2) is 0 Å². The zero-order valence-electron chi connectivity index (χ0n) is 6.75. The average molecular weight is 156 g/mol. The van der Waals surface area contributed by atoms with Gasteiger partial charge in [-0.15, -0.1) is 0 Å². The van der Waals surface area contributed by atoms with E-state index < -0.39 is 0 Å². The van der Waals surface area contributed by atoms with Gasteiger partial charge in [0.1, 0.15) is 6.29 Å². The Bertz CT molecular complexity index is 119. The number of aldehydes is 1. The second-order valence-electron chi connectivity index (χ2n) is 3.19. The molecule has 0 radical (unpaired) electrons. The lowest BCUT2D eigenvalue weighted by Gasteiger charge is -2.26. The molecule has 1 aliphatic rings. The third kappa shape index (κ3) is 2.99. The van der Waals surface area contributed by atoms with Crippen LogP contribution in [0.5, 0.6) is 0 Å². The van der Waals surface area contributed by atoms with E-state index in [1.54, 1.807) is 0 Å². The fourth-order valence-corrected chi connectivity index (χ4v) is 1.54. The first kappa shape index (κ1) is 8.68. The highest BCUT2D eigenvalue weighted by molar-refractivity contribution is 5.51. The van der Waals surface area contributed by atoms with Crippen molar-refractivity contribution in [2.45, 2.75) is 37.8 Å². The van der Waals surface area contributed by atoms with Crippen molar-refractivity contribution in [2.24, 2.45) is 5.73 Å². The van der Waals surface area contributed by atoms with Crippen LogP contribution >= 0.6 is 0 Å².